The Kier molecular flexibility index (Phi) is 7.71. The molecule has 0 heterocycles. The lowest BCUT2D eigenvalue weighted by Gasteiger charge is -2.21. The van der Waals surface area contributed by atoms with Crippen LogP contribution in [0.4, 0.5) is 5.69 Å². The van der Waals surface area contributed by atoms with Crippen LogP contribution in [-0.2, 0) is 10.0 Å². The van der Waals surface area contributed by atoms with Gasteiger partial charge in [0.1, 0.15) is 10.6 Å². The zero-order valence-electron chi connectivity index (χ0n) is 16.2. The highest BCUT2D eigenvalue weighted by Crippen LogP contribution is 2.26. The highest BCUT2D eigenvalue weighted by atomic mass is 35.5. The number of nitrogens with zero attached hydrogens (tertiary/aromatic N) is 1. The molecule has 0 radical (unpaired) electrons. The molecule has 0 aromatic heterocycles. The maximum atomic E-state index is 12.8. The van der Waals surface area contributed by atoms with Crippen LogP contribution in [0.25, 0.3) is 0 Å². The molecular weight excluding hydrogens is 400 g/mol. The summed E-state index contributed by atoms with van der Waals surface area (Å²) in [6.07, 6.45) is 1.85. The molecule has 0 atom stereocenters. The second-order valence-electron chi connectivity index (χ2n) is 6.22. The highest BCUT2D eigenvalue weighted by molar-refractivity contribution is 7.92. The minimum Gasteiger partial charge on any atom is -0.497 e. The maximum absolute atomic E-state index is 12.8. The lowest BCUT2D eigenvalue weighted by atomic mass is 10.2. The van der Waals surface area contributed by atoms with Crippen molar-refractivity contribution in [3.8, 4) is 5.75 Å². The summed E-state index contributed by atoms with van der Waals surface area (Å²) >= 11 is 6.13. The minimum absolute atomic E-state index is 0.0502. The van der Waals surface area contributed by atoms with Crippen molar-refractivity contribution in [3.05, 3.63) is 53.1 Å². The number of carbonyl (C=O) groups is 1. The Morgan fingerprint density at radius 1 is 1.14 bits per heavy atom. The average Bonchev–Trinajstić information content (AvgIpc) is 2.69. The van der Waals surface area contributed by atoms with Crippen LogP contribution >= 0.6 is 11.6 Å². The van der Waals surface area contributed by atoms with Crippen LogP contribution in [0.15, 0.2) is 47.4 Å². The number of unbranched alkanes of at least 4 members (excludes halogenated alkanes) is 1. The molecule has 1 amide bonds. The molecule has 2 aromatic rings. The van der Waals surface area contributed by atoms with Gasteiger partial charge in [-0.05, 0) is 55.8 Å². The van der Waals surface area contributed by atoms with Gasteiger partial charge >= 0.3 is 0 Å². The van der Waals surface area contributed by atoms with Crippen molar-refractivity contribution in [1.82, 2.24) is 4.90 Å². The van der Waals surface area contributed by atoms with E-state index in [1.54, 1.807) is 35.2 Å². The standard InChI is InChI=1S/C20H25ClN2O4S/c1-4-6-13-23(5-2)20(24)15-7-12-18(21)19(14-15)28(25,26)22-16-8-10-17(27-3)11-9-16/h7-12,14,22H,4-6,13H2,1-3H3. The van der Waals surface area contributed by atoms with Gasteiger partial charge in [0, 0.05) is 24.3 Å². The van der Waals surface area contributed by atoms with Gasteiger partial charge in [-0.25, -0.2) is 8.42 Å². The van der Waals surface area contributed by atoms with E-state index in [4.69, 9.17) is 16.3 Å². The van der Waals surface area contributed by atoms with E-state index in [2.05, 4.69) is 11.6 Å². The van der Waals surface area contributed by atoms with E-state index in [1.165, 1.54) is 19.2 Å². The normalized spacial score (nSPS) is 11.1. The third-order valence-corrected chi connectivity index (χ3v) is 6.12. The molecule has 0 aliphatic heterocycles. The quantitative estimate of drug-likeness (QED) is 0.646. The number of rotatable bonds is 9. The van der Waals surface area contributed by atoms with Crippen LogP contribution in [0.1, 0.15) is 37.0 Å². The summed E-state index contributed by atoms with van der Waals surface area (Å²) in [5, 5.41) is 0.0502. The van der Waals surface area contributed by atoms with Crippen LogP contribution in [0.5, 0.6) is 5.75 Å². The summed E-state index contributed by atoms with van der Waals surface area (Å²) in [6, 6.07) is 10.8. The summed E-state index contributed by atoms with van der Waals surface area (Å²) in [6.45, 7) is 5.12. The lowest BCUT2D eigenvalue weighted by molar-refractivity contribution is 0.0762. The van der Waals surface area contributed by atoms with E-state index in [-0.39, 0.29) is 21.4 Å². The minimum atomic E-state index is -3.96. The number of anilines is 1. The Morgan fingerprint density at radius 2 is 1.82 bits per heavy atom. The van der Waals surface area contributed by atoms with Crippen LogP contribution in [-0.4, -0.2) is 39.4 Å². The maximum Gasteiger partial charge on any atom is 0.263 e. The second-order valence-corrected chi connectivity index (χ2v) is 8.28. The van der Waals surface area contributed by atoms with Crippen molar-refractivity contribution in [2.24, 2.45) is 0 Å². The Labute approximate surface area is 171 Å². The van der Waals surface area contributed by atoms with Crippen molar-refractivity contribution in [3.63, 3.8) is 0 Å². The van der Waals surface area contributed by atoms with Gasteiger partial charge in [0.05, 0.1) is 12.1 Å². The summed E-state index contributed by atoms with van der Waals surface area (Å²) in [5.74, 6) is 0.397. The van der Waals surface area contributed by atoms with E-state index in [9.17, 15) is 13.2 Å². The summed E-state index contributed by atoms with van der Waals surface area (Å²) in [5.41, 5.74) is 0.657. The predicted molar refractivity (Wildman–Crippen MR) is 112 cm³/mol. The number of halogens is 1. The number of hydrogen-bond donors (Lipinski definition) is 1. The van der Waals surface area contributed by atoms with Crippen molar-refractivity contribution >= 4 is 33.2 Å². The molecule has 6 nitrogen and oxygen atoms in total. The van der Waals surface area contributed by atoms with Gasteiger partial charge in [-0.3, -0.25) is 9.52 Å². The second kappa shape index (κ2) is 9.80. The molecule has 152 valence electrons. The van der Waals surface area contributed by atoms with Crippen LogP contribution < -0.4 is 9.46 Å². The summed E-state index contributed by atoms with van der Waals surface area (Å²) in [4.78, 5) is 14.3. The van der Waals surface area contributed by atoms with E-state index >= 15 is 0 Å². The average molecular weight is 425 g/mol. The number of methoxy groups -OCH3 is 1. The third-order valence-electron chi connectivity index (χ3n) is 4.26. The fourth-order valence-electron chi connectivity index (χ4n) is 2.65. The van der Waals surface area contributed by atoms with Crippen molar-refractivity contribution in [1.29, 1.82) is 0 Å². The number of amides is 1. The monoisotopic (exact) mass is 424 g/mol. The van der Waals surface area contributed by atoms with Crippen molar-refractivity contribution < 1.29 is 17.9 Å². The summed E-state index contributed by atoms with van der Waals surface area (Å²) in [7, 11) is -2.43. The molecule has 0 aliphatic carbocycles. The first-order valence-corrected chi connectivity index (χ1v) is 10.9. The number of sulfonamides is 1. The molecule has 2 aromatic carbocycles. The molecular formula is C20H25ClN2O4S. The fraction of sp³-hybridized carbons (Fsp3) is 0.350. The highest BCUT2D eigenvalue weighted by Gasteiger charge is 2.22. The Bertz CT molecular complexity index is 914. The molecule has 0 bridgehead atoms. The van der Waals surface area contributed by atoms with E-state index in [0.717, 1.165) is 12.8 Å². The van der Waals surface area contributed by atoms with Crippen LogP contribution in [0, 0.1) is 0 Å². The Balaban J connectivity index is 2.31. The zero-order chi connectivity index (χ0) is 20.7. The number of benzene rings is 2. The van der Waals surface area contributed by atoms with Gasteiger partial charge < -0.3 is 9.64 Å². The number of nitrogens with one attached hydrogen (secondary N) is 1. The van der Waals surface area contributed by atoms with Crippen LogP contribution in [0.3, 0.4) is 0 Å². The first-order valence-electron chi connectivity index (χ1n) is 9.08. The van der Waals surface area contributed by atoms with Gasteiger partial charge in [-0.1, -0.05) is 24.9 Å². The Hall–Kier alpha value is -2.25. The first kappa shape index (κ1) is 22.0. The number of carbonyl (C=O) groups excluding carboxylic acids is 1. The fourth-order valence-corrected chi connectivity index (χ4v) is 4.23. The largest absolute Gasteiger partial charge is 0.497 e. The first-order chi connectivity index (χ1) is 13.3. The number of ether oxygens (including phenoxy) is 1. The lowest BCUT2D eigenvalue weighted by Crippen LogP contribution is -2.32. The molecule has 8 heteroatoms. The predicted octanol–water partition coefficient (Wildman–Crippen LogP) is 4.41. The van der Waals surface area contributed by atoms with Crippen molar-refractivity contribution in [2.45, 2.75) is 31.6 Å². The molecule has 0 aliphatic rings. The molecule has 0 saturated heterocycles. The topological polar surface area (TPSA) is 75.7 Å². The molecule has 1 N–H and O–H groups in total. The Morgan fingerprint density at radius 3 is 2.39 bits per heavy atom. The van der Waals surface area contributed by atoms with E-state index in [1.807, 2.05) is 6.92 Å². The molecule has 0 fully saturated rings. The molecule has 0 unspecified atom stereocenters. The molecule has 0 spiro atoms. The number of hydrogen-bond acceptors (Lipinski definition) is 4. The molecule has 0 saturated carbocycles. The zero-order valence-corrected chi connectivity index (χ0v) is 17.8. The van der Waals surface area contributed by atoms with Gasteiger partial charge in [0.15, 0.2) is 0 Å². The smallest absolute Gasteiger partial charge is 0.263 e. The van der Waals surface area contributed by atoms with E-state index < -0.39 is 10.0 Å². The van der Waals surface area contributed by atoms with Gasteiger partial charge in [0.25, 0.3) is 15.9 Å². The van der Waals surface area contributed by atoms with E-state index in [0.29, 0.717) is 24.5 Å². The van der Waals surface area contributed by atoms with Crippen LogP contribution in [0.2, 0.25) is 5.02 Å². The van der Waals surface area contributed by atoms with Gasteiger partial charge in [-0.2, -0.15) is 0 Å². The summed E-state index contributed by atoms with van der Waals surface area (Å²) < 4.78 is 33.2. The van der Waals surface area contributed by atoms with Crippen molar-refractivity contribution in [2.75, 3.05) is 24.9 Å². The molecule has 28 heavy (non-hydrogen) atoms. The molecule has 2 rings (SSSR count). The van der Waals surface area contributed by atoms with Gasteiger partial charge in [0.2, 0.25) is 0 Å². The SMILES string of the molecule is CCCCN(CC)C(=O)c1ccc(Cl)c(S(=O)(=O)Nc2ccc(OC)cc2)c1. The third kappa shape index (κ3) is 5.39. The van der Waals surface area contributed by atoms with Gasteiger partial charge in [-0.15, -0.1) is 0 Å².